The third-order valence-electron chi connectivity index (χ3n) is 3.76. The van der Waals surface area contributed by atoms with Crippen molar-refractivity contribution in [1.29, 1.82) is 0 Å². The first-order chi connectivity index (χ1) is 10.6. The number of nitrogens with one attached hydrogen (secondary N) is 1. The number of benzene rings is 1. The van der Waals surface area contributed by atoms with Crippen molar-refractivity contribution in [3.63, 3.8) is 0 Å². The summed E-state index contributed by atoms with van der Waals surface area (Å²) in [6.07, 6.45) is 2.86. The molecule has 0 spiro atoms. The minimum absolute atomic E-state index is 0.249. The Hall–Kier alpha value is -1.37. The minimum Gasteiger partial charge on any atom is -0.393 e. The Kier molecular flexibility index (Phi) is 4.81. The quantitative estimate of drug-likeness (QED) is 0.893. The van der Waals surface area contributed by atoms with Gasteiger partial charge in [0.25, 0.3) is 0 Å². The molecule has 2 heterocycles. The highest BCUT2D eigenvalue weighted by Crippen LogP contribution is 2.31. The lowest BCUT2D eigenvalue weighted by Crippen LogP contribution is -2.36. The lowest BCUT2D eigenvalue weighted by molar-refractivity contribution is 0.145. The molecule has 3 rings (SSSR count). The molecule has 2 aromatic rings. The number of aromatic nitrogens is 1. The van der Waals surface area contributed by atoms with Crippen molar-refractivity contribution in [2.24, 2.45) is 0 Å². The second kappa shape index (κ2) is 6.81. The van der Waals surface area contributed by atoms with Gasteiger partial charge >= 0.3 is 0 Å². The molecule has 0 bridgehead atoms. The molecule has 22 heavy (non-hydrogen) atoms. The van der Waals surface area contributed by atoms with Gasteiger partial charge in [-0.15, -0.1) is 11.3 Å². The molecule has 2 N–H and O–H groups in total. The molecular formula is C15H17ClFN3OS. The maximum absolute atomic E-state index is 14.2. The molecule has 0 saturated carbocycles. The Morgan fingerprint density at radius 3 is 2.86 bits per heavy atom. The summed E-state index contributed by atoms with van der Waals surface area (Å²) in [7, 11) is 0. The van der Waals surface area contributed by atoms with Gasteiger partial charge in [-0.1, -0.05) is 17.7 Å². The first-order valence-electron chi connectivity index (χ1n) is 7.19. The van der Waals surface area contributed by atoms with Crippen LogP contribution in [0.5, 0.6) is 0 Å². The van der Waals surface area contributed by atoms with Gasteiger partial charge < -0.3 is 15.3 Å². The second-order valence-electron chi connectivity index (χ2n) is 5.29. The van der Waals surface area contributed by atoms with Gasteiger partial charge in [-0.05, 0) is 25.0 Å². The minimum atomic E-state index is -0.278. The Morgan fingerprint density at radius 2 is 2.18 bits per heavy atom. The number of halogens is 2. The number of para-hydroxylation sites is 1. The Morgan fingerprint density at radius 1 is 1.41 bits per heavy atom. The molecule has 4 nitrogen and oxygen atoms in total. The zero-order valence-electron chi connectivity index (χ0n) is 11.9. The Balaban J connectivity index is 1.77. The number of hydrogen-bond acceptors (Lipinski definition) is 5. The summed E-state index contributed by atoms with van der Waals surface area (Å²) in [5.41, 5.74) is 1.32. The standard InChI is InChI=1S/C15H17ClFN3OS/c16-15-19-9-11(22-15)8-18-14-12(17)2-1-3-13(14)20-6-4-10(21)5-7-20/h1-3,9-10,18,21H,4-8H2. The zero-order chi connectivity index (χ0) is 15.5. The summed E-state index contributed by atoms with van der Waals surface area (Å²) in [5.74, 6) is -0.278. The predicted octanol–water partition coefficient (Wildman–Crippen LogP) is 3.51. The van der Waals surface area contributed by atoms with E-state index in [-0.39, 0.29) is 11.9 Å². The average Bonchev–Trinajstić information content (AvgIpc) is 2.92. The van der Waals surface area contributed by atoms with Gasteiger partial charge in [0, 0.05) is 24.2 Å². The van der Waals surface area contributed by atoms with Crippen LogP contribution in [0.4, 0.5) is 15.8 Å². The summed E-state index contributed by atoms with van der Waals surface area (Å²) in [6, 6.07) is 5.07. The summed E-state index contributed by atoms with van der Waals surface area (Å²) in [4.78, 5) is 7.04. The van der Waals surface area contributed by atoms with Gasteiger partial charge in [0.05, 0.1) is 24.0 Å². The van der Waals surface area contributed by atoms with Gasteiger partial charge in [-0.3, -0.25) is 0 Å². The summed E-state index contributed by atoms with van der Waals surface area (Å²) >= 11 is 7.19. The fourth-order valence-electron chi connectivity index (χ4n) is 2.60. The van der Waals surface area contributed by atoms with Gasteiger partial charge in [-0.25, -0.2) is 9.37 Å². The van der Waals surface area contributed by atoms with Crippen molar-refractivity contribution >= 4 is 34.3 Å². The van der Waals surface area contributed by atoms with Crippen LogP contribution in [0.25, 0.3) is 0 Å². The van der Waals surface area contributed by atoms with Crippen molar-refractivity contribution in [2.75, 3.05) is 23.3 Å². The zero-order valence-corrected chi connectivity index (χ0v) is 13.5. The van der Waals surface area contributed by atoms with E-state index in [1.165, 1.54) is 17.4 Å². The van der Waals surface area contributed by atoms with Crippen molar-refractivity contribution in [2.45, 2.75) is 25.5 Å². The number of aliphatic hydroxyl groups excluding tert-OH is 1. The molecule has 0 amide bonds. The molecule has 0 aliphatic carbocycles. The summed E-state index contributed by atoms with van der Waals surface area (Å²) < 4.78 is 14.7. The number of anilines is 2. The number of aliphatic hydroxyl groups is 1. The van der Waals surface area contributed by atoms with Crippen molar-refractivity contribution < 1.29 is 9.50 Å². The third-order valence-corrected chi connectivity index (χ3v) is 4.88. The molecular weight excluding hydrogens is 325 g/mol. The van der Waals surface area contributed by atoms with Crippen molar-refractivity contribution in [1.82, 2.24) is 4.98 Å². The van der Waals surface area contributed by atoms with Crippen LogP contribution in [-0.2, 0) is 6.54 Å². The van der Waals surface area contributed by atoms with Gasteiger partial charge in [0.2, 0.25) is 0 Å². The fraction of sp³-hybridized carbons (Fsp3) is 0.400. The first kappa shape index (κ1) is 15.5. The van der Waals surface area contributed by atoms with Crippen LogP contribution < -0.4 is 10.2 Å². The number of piperidine rings is 1. The molecule has 1 aromatic carbocycles. The normalized spacial score (nSPS) is 16.0. The van der Waals surface area contributed by atoms with Crippen LogP contribution in [0.3, 0.4) is 0 Å². The van der Waals surface area contributed by atoms with Crippen LogP contribution in [0.1, 0.15) is 17.7 Å². The van der Waals surface area contributed by atoms with E-state index in [4.69, 9.17) is 11.6 Å². The molecule has 1 fully saturated rings. The Labute approximate surface area is 137 Å². The number of nitrogens with zero attached hydrogens (tertiary/aromatic N) is 2. The summed E-state index contributed by atoms with van der Waals surface area (Å²) in [6.45, 7) is 1.94. The van der Waals surface area contributed by atoms with Gasteiger partial charge in [0.1, 0.15) is 5.82 Å². The van der Waals surface area contributed by atoms with Crippen LogP contribution >= 0.6 is 22.9 Å². The van der Waals surface area contributed by atoms with Crippen molar-refractivity contribution in [3.8, 4) is 0 Å². The Bertz CT molecular complexity index is 643. The van der Waals surface area contributed by atoms with Crippen LogP contribution in [0, 0.1) is 5.82 Å². The highest BCUT2D eigenvalue weighted by molar-refractivity contribution is 7.15. The van der Waals surface area contributed by atoms with E-state index in [2.05, 4.69) is 15.2 Å². The molecule has 1 saturated heterocycles. The lowest BCUT2D eigenvalue weighted by Gasteiger charge is -2.33. The molecule has 0 unspecified atom stereocenters. The predicted molar refractivity (Wildman–Crippen MR) is 88.3 cm³/mol. The highest BCUT2D eigenvalue weighted by Gasteiger charge is 2.20. The molecule has 1 aliphatic heterocycles. The smallest absolute Gasteiger partial charge is 0.183 e. The lowest BCUT2D eigenvalue weighted by atomic mass is 10.1. The van der Waals surface area contributed by atoms with Gasteiger partial charge in [0.15, 0.2) is 4.47 Å². The van der Waals surface area contributed by atoms with E-state index in [1.54, 1.807) is 12.3 Å². The number of rotatable bonds is 4. The molecule has 118 valence electrons. The van der Waals surface area contributed by atoms with E-state index in [1.807, 2.05) is 6.07 Å². The second-order valence-corrected chi connectivity index (χ2v) is 6.98. The largest absolute Gasteiger partial charge is 0.393 e. The van der Waals surface area contributed by atoms with Crippen molar-refractivity contribution in [3.05, 3.63) is 39.6 Å². The van der Waals surface area contributed by atoms with E-state index >= 15 is 0 Å². The molecule has 0 radical (unpaired) electrons. The van der Waals surface area contributed by atoms with E-state index in [0.717, 1.165) is 23.7 Å². The highest BCUT2D eigenvalue weighted by atomic mass is 35.5. The molecule has 0 atom stereocenters. The molecule has 7 heteroatoms. The third kappa shape index (κ3) is 3.51. The maximum atomic E-state index is 14.2. The number of thiazole rings is 1. The monoisotopic (exact) mass is 341 g/mol. The van der Waals surface area contributed by atoms with Crippen LogP contribution in [0.2, 0.25) is 4.47 Å². The topological polar surface area (TPSA) is 48.4 Å². The van der Waals surface area contributed by atoms with E-state index in [9.17, 15) is 9.50 Å². The van der Waals surface area contributed by atoms with Gasteiger partial charge in [-0.2, -0.15) is 0 Å². The fourth-order valence-corrected chi connectivity index (χ4v) is 3.52. The SMILES string of the molecule is OC1CCN(c2cccc(F)c2NCc2cnc(Cl)s2)CC1. The maximum Gasteiger partial charge on any atom is 0.183 e. The average molecular weight is 342 g/mol. The van der Waals surface area contributed by atoms with E-state index in [0.29, 0.717) is 29.5 Å². The van der Waals surface area contributed by atoms with Crippen LogP contribution in [0.15, 0.2) is 24.4 Å². The molecule has 1 aliphatic rings. The molecule has 1 aromatic heterocycles. The summed E-state index contributed by atoms with van der Waals surface area (Å²) in [5, 5.41) is 12.8. The van der Waals surface area contributed by atoms with E-state index < -0.39 is 0 Å². The number of hydrogen-bond donors (Lipinski definition) is 2. The first-order valence-corrected chi connectivity index (χ1v) is 8.38. The van der Waals surface area contributed by atoms with Crippen LogP contribution in [-0.4, -0.2) is 29.3 Å².